The number of carbonyl (C=O) groups excluding carboxylic acids is 2. The fraction of sp³-hybridized carbons (Fsp3) is 0.222. The maximum atomic E-state index is 13.4. The second-order valence-corrected chi connectivity index (χ2v) is 5.87. The molecule has 0 radical (unpaired) electrons. The minimum absolute atomic E-state index is 0.250. The van der Waals surface area contributed by atoms with E-state index in [1.165, 1.54) is 35.2 Å². The van der Waals surface area contributed by atoms with Gasteiger partial charge in [-0.05, 0) is 61.4 Å². The Kier molecular flexibility index (Phi) is 4.65. The van der Waals surface area contributed by atoms with Crippen LogP contribution in [0.15, 0.2) is 42.5 Å². The minimum atomic E-state index is -0.661. The molecule has 0 spiro atoms. The Morgan fingerprint density at radius 3 is 2.56 bits per heavy atom. The maximum Gasteiger partial charge on any atom is 0.319 e. The van der Waals surface area contributed by atoms with Gasteiger partial charge in [0, 0.05) is 17.9 Å². The fourth-order valence-corrected chi connectivity index (χ4v) is 2.73. The van der Waals surface area contributed by atoms with E-state index >= 15 is 0 Å². The van der Waals surface area contributed by atoms with Crippen molar-refractivity contribution in [3.05, 3.63) is 59.7 Å². The zero-order chi connectivity index (χ0) is 18.0. The van der Waals surface area contributed by atoms with Crippen molar-refractivity contribution in [1.82, 2.24) is 5.32 Å². The standard InChI is InChI=1S/C18H17F2N3O2/c1-11-10-14(6-7-15(11)20)23-9-8-16(17(23)24)22-18(25)21-13-4-2-12(19)3-5-13/h2-7,10,16H,8-9H2,1H3,(H2,21,22,25)/t16-/m1/s1. The molecule has 25 heavy (non-hydrogen) atoms. The monoisotopic (exact) mass is 345 g/mol. The summed E-state index contributed by atoms with van der Waals surface area (Å²) in [5.74, 6) is -0.980. The lowest BCUT2D eigenvalue weighted by atomic mass is 10.2. The van der Waals surface area contributed by atoms with Gasteiger partial charge in [-0.2, -0.15) is 0 Å². The van der Waals surface area contributed by atoms with Crippen LogP contribution in [0.1, 0.15) is 12.0 Å². The molecular weight excluding hydrogens is 328 g/mol. The highest BCUT2D eigenvalue weighted by atomic mass is 19.1. The van der Waals surface area contributed by atoms with Crippen LogP contribution >= 0.6 is 0 Å². The van der Waals surface area contributed by atoms with E-state index in [9.17, 15) is 18.4 Å². The van der Waals surface area contributed by atoms with Crippen LogP contribution in [0, 0.1) is 18.6 Å². The summed E-state index contributed by atoms with van der Waals surface area (Å²) in [6.07, 6.45) is 0.450. The van der Waals surface area contributed by atoms with Crippen molar-refractivity contribution in [3.8, 4) is 0 Å². The molecule has 0 bridgehead atoms. The average molecular weight is 345 g/mol. The van der Waals surface area contributed by atoms with Crippen LogP contribution in [-0.4, -0.2) is 24.5 Å². The Morgan fingerprint density at radius 1 is 1.16 bits per heavy atom. The lowest BCUT2D eigenvalue weighted by molar-refractivity contribution is -0.118. The van der Waals surface area contributed by atoms with Gasteiger partial charge < -0.3 is 15.5 Å². The van der Waals surface area contributed by atoms with Crippen molar-refractivity contribution in [2.75, 3.05) is 16.8 Å². The molecular formula is C18H17F2N3O2. The highest BCUT2D eigenvalue weighted by Gasteiger charge is 2.33. The Bertz CT molecular complexity index is 808. The number of aryl methyl sites for hydroxylation is 1. The number of halogens is 2. The number of urea groups is 1. The van der Waals surface area contributed by atoms with Gasteiger partial charge in [-0.1, -0.05) is 0 Å². The molecule has 1 fully saturated rings. The molecule has 1 heterocycles. The molecule has 3 rings (SSSR count). The van der Waals surface area contributed by atoms with E-state index in [4.69, 9.17) is 0 Å². The van der Waals surface area contributed by atoms with Gasteiger partial charge in [0.15, 0.2) is 0 Å². The normalized spacial score (nSPS) is 16.8. The zero-order valence-electron chi connectivity index (χ0n) is 13.6. The largest absolute Gasteiger partial charge is 0.326 e. The number of rotatable bonds is 3. The van der Waals surface area contributed by atoms with Gasteiger partial charge in [0.25, 0.3) is 0 Å². The number of anilines is 2. The number of benzene rings is 2. The number of amides is 3. The van der Waals surface area contributed by atoms with Crippen molar-refractivity contribution in [2.24, 2.45) is 0 Å². The molecule has 2 aromatic carbocycles. The summed E-state index contributed by atoms with van der Waals surface area (Å²) in [6.45, 7) is 2.07. The zero-order valence-corrected chi connectivity index (χ0v) is 13.6. The lowest BCUT2D eigenvalue weighted by Crippen LogP contribution is -2.43. The summed E-state index contributed by atoms with van der Waals surface area (Å²) < 4.78 is 26.2. The second-order valence-electron chi connectivity index (χ2n) is 5.87. The smallest absolute Gasteiger partial charge is 0.319 e. The van der Waals surface area contributed by atoms with E-state index in [0.29, 0.717) is 29.9 Å². The molecule has 0 aliphatic carbocycles. The van der Waals surface area contributed by atoms with Gasteiger partial charge in [0.05, 0.1) is 0 Å². The van der Waals surface area contributed by atoms with Crippen LogP contribution in [0.2, 0.25) is 0 Å². The highest BCUT2D eigenvalue weighted by Crippen LogP contribution is 2.24. The molecule has 0 aromatic heterocycles. The molecule has 2 N–H and O–H groups in total. The molecule has 1 aliphatic rings. The number of nitrogens with zero attached hydrogens (tertiary/aromatic N) is 1. The summed E-state index contributed by atoms with van der Waals surface area (Å²) in [6, 6.07) is 8.59. The van der Waals surface area contributed by atoms with Gasteiger partial charge in [0.2, 0.25) is 5.91 Å². The van der Waals surface area contributed by atoms with Crippen LogP contribution in [-0.2, 0) is 4.79 Å². The minimum Gasteiger partial charge on any atom is -0.326 e. The Hall–Kier alpha value is -2.96. The van der Waals surface area contributed by atoms with E-state index in [2.05, 4.69) is 10.6 Å². The third-order valence-electron chi connectivity index (χ3n) is 4.07. The second kappa shape index (κ2) is 6.88. The Balaban J connectivity index is 1.62. The molecule has 1 atom stereocenters. The number of nitrogens with one attached hydrogen (secondary N) is 2. The molecule has 5 nitrogen and oxygen atoms in total. The molecule has 130 valence electrons. The van der Waals surface area contributed by atoms with Gasteiger partial charge >= 0.3 is 6.03 Å². The van der Waals surface area contributed by atoms with Gasteiger partial charge in [-0.25, -0.2) is 13.6 Å². The summed E-state index contributed by atoms with van der Waals surface area (Å²) >= 11 is 0. The first kappa shape index (κ1) is 16.9. The average Bonchev–Trinajstić information content (AvgIpc) is 2.93. The van der Waals surface area contributed by atoms with E-state index in [1.54, 1.807) is 19.1 Å². The van der Waals surface area contributed by atoms with E-state index in [1.807, 2.05) is 0 Å². The summed E-state index contributed by atoms with van der Waals surface area (Å²) in [7, 11) is 0. The molecule has 1 saturated heterocycles. The van der Waals surface area contributed by atoms with E-state index in [0.717, 1.165) is 0 Å². The van der Waals surface area contributed by atoms with Gasteiger partial charge in [0.1, 0.15) is 17.7 Å². The highest BCUT2D eigenvalue weighted by molar-refractivity contribution is 6.02. The van der Waals surface area contributed by atoms with Crippen molar-refractivity contribution < 1.29 is 18.4 Å². The van der Waals surface area contributed by atoms with Crippen molar-refractivity contribution in [2.45, 2.75) is 19.4 Å². The van der Waals surface area contributed by atoms with E-state index in [-0.39, 0.29) is 11.7 Å². The molecule has 0 unspecified atom stereocenters. The first-order valence-electron chi connectivity index (χ1n) is 7.84. The Labute approximate surface area is 143 Å². The first-order chi connectivity index (χ1) is 11.9. The molecule has 3 amide bonds. The van der Waals surface area contributed by atoms with Crippen LogP contribution in [0.25, 0.3) is 0 Å². The van der Waals surface area contributed by atoms with Gasteiger partial charge in [-0.15, -0.1) is 0 Å². The van der Waals surface area contributed by atoms with Crippen LogP contribution in [0.4, 0.5) is 25.0 Å². The van der Waals surface area contributed by atoms with Crippen molar-refractivity contribution in [1.29, 1.82) is 0 Å². The van der Waals surface area contributed by atoms with Crippen molar-refractivity contribution in [3.63, 3.8) is 0 Å². The number of hydrogen-bond donors (Lipinski definition) is 2. The van der Waals surface area contributed by atoms with E-state index < -0.39 is 17.9 Å². The third-order valence-corrected chi connectivity index (χ3v) is 4.07. The summed E-state index contributed by atoms with van der Waals surface area (Å²) in [4.78, 5) is 26.0. The van der Waals surface area contributed by atoms with Crippen LogP contribution < -0.4 is 15.5 Å². The third kappa shape index (κ3) is 3.76. The van der Waals surface area contributed by atoms with Crippen molar-refractivity contribution >= 4 is 23.3 Å². The molecule has 2 aromatic rings. The predicted octanol–water partition coefficient (Wildman–Crippen LogP) is 3.20. The van der Waals surface area contributed by atoms with Crippen LogP contribution in [0.5, 0.6) is 0 Å². The Morgan fingerprint density at radius 2 is 1.88 bits per heavy atom. The number of hydrogen-bond acceptors (Lipinski definition) is 2. The quantitative estimate of drug-likeness (QED) is 0.897. The summed E-state index contributed by atoms with van der Waals surface area (Å²) in [5, 5.41) is 5.16. The SMILES string of the molecule is Cc1cc(N2CC[C@@H](NC(=O)Nc3ccc(F)cc3)C2=O)ccc1F. The van der Waals surface area contributed by atoms with Crippen LogP contribution in [0.3, 0.4) is 0 Å². The molecule has 1 aliphatic heterocycles. The predicted molar refractivity (Wildman–Crippen MR) is 90.4 cm³/mol. The molecule has 0 saturated carbocycles. The fourth-order valence-electron chi connectivity index (χ4n) is 2.73. The first-order valence-corrected chi connectivity index (χ1v) is 7.84. The maximum absolute atomic E-state index is 13.4. The molecule has 7 heteroatoms. The summed E-state index contributed by atoms with van der Waals surface area (Å²) in [5.41, 5.74) is 1.48. The van der Waals surface area contributed by atoms with Gasteiger partial charge in [-0.3, -0.25) is 4.79 Å². The lowest BCUT2D eigenvalue weighted by Gasteiger charge is -2.18. The number of carbonyl (C=O) groups is 2. The topological polar surface area (TPSA) is 61.4 Å².